The summed E-state index contributed by atoms with van der Waals surface area (Å²) < 4.78 is 22.7. The molecule has 0 aliphatic carbocycles. The quantitative estimate of drug-likeness (QED) is 0.723. The fourth-order valence-electron chi connectivity index (χ4n) is 2.25. The van der Waals surface area contributed by atoms with E-state index < -0.39 is 5.97 Å². The lowest BCUT2D eigenvalue weighted by Gasteiger charge is -2.24. The normalized spacial score (nSPS) is 30.0. The van der Waals surface area contributed by atoms with E-state index in [4.69, 9.17) is 18.9 Å². The van der Waals surface area contributed by atoms with Gasteiger partial charge in [0.15, 0.2) is 0 Å². The van der Waals surface area contributed by atoms with E-state index in [2.05, 4.69) is 13.2 Å². The number of benzene rings is 1. The molecule has 1 aromatic rings. The van der Waals surface area contributed by atoms with E-state index >= 15 is 0 Å². The third kappa shape index (κ3) is 3.80. The topological polar surface area (TPSA) is 36.9 Å². The molecule has 1 unspecified atom stereocenters. The molecule has 0 amide bonds. The fraction of sp³-hybridized carbons (Fsp3) is 0.412. The van der Waals surface area contributed by atoms with Gasteiger partial charge in [0.1, 0.15) is 18.3 Å². The van der Waals surface area contributed by atoms with Crippen molar-refractivity contribution in [2.45, 2.75) is 37.8 Å². The predicted octanol–water partition coefficient (Wildman–Crippen LogP) is 3.05. The smallest absolute Gasteiger partial charge is 0.280 e. The fourth-order valence-corrected chi connectivity index (χ4v) is 2.25. The van der Waals surface area contributed by atoms with E-state index in [1.54, 1.807) is 19.1 Å². The Morgan fingerprint density at radius 3 is 2.57 bits per heavy atom. The predicted molar refractivity (Wildman–Crippen MR) is 80.6 cm³/mol. The van der Waals surface area contributed by atoms with Crippen LogP contribution in [0.2, 0.25) is 0 Å². The van der Waals surface area contributed by atoms with Crippen LogP contribution in [-0.2, 0) is 25.6 Å². The highest BCUT2D eigenvalue weighted by atomic mass is 16.9. The van der Waals surface area contributed by atoms with Crippen LogP contribution in [-0.4, -0.2) is 31.4 Å². The summed E-state index contributed by atoms with van der Waals surface area (Å²) in [6.45, 7) is 9.80. The highest BCUT2D eigenvalue weighted by Crippen LogP contribution is 2.32. The molecule has 2 rings (SSSR count). The Balaban J connectivity index is 2.03. The Hall–Kier alpha value is -1.46. The molecule has 0 saturated carbocycles. The molecule has 0 aromatic heterocycles. The minimum atomic E-state index is -1.08. The number of methoxy groups -OCH3 is 1. The number of hydrogen-bond donors (Lipinski definition) is 0. The van der Waals surface area contributed by atoms with Crippen LogP contribution < -0.4 is 0 Å². The Morgan fingerprint density at radius 1 is 1.29 bits per heavy atom. The summed E-state index contributed by atoms with van der Waals surface area (Å²) in [6, 6.07) is 9.95. The highest BCUT2D eigenvalue weighted by molar-refractivity contribution is 5.13. The van der Waals surface area contributed by atoms with Gasteiger partial charge in [-0.1, -0.05) is 42.5 Å². The summed E-state index contributed by atoms with van der Waals surface area (Å²) in [6.07, 6.45) is 2.44. The van der Waals surface area contributed by atoms with Crippen LogP contribution in [0.15, 0.2) is 55.6 Å². The molecule has 1 aromatic carbocycles. The number of ether oxygens (including phenoxy) is 4. The Labute approximate surface area is 126 Å². The summed E-state index contributed by atoms with van der Waals surface area (Å²) in [5.41, 5.74) is 1.09. The van der Waals surface area contributed by atoms with Crippen LogP contribution in [0.4, 0.5) is 0 Å². The van der Waals surface area contributed by atoms with Crippen molar-refractivity contribution in [2.24, 2.45) is 0 Å². The van der Waals surface area contributed by atoms with Crippen molar-refractivity contribution in [1.29, 1.82) is 0 Å². The summed E-state index contributed by atoms with van der Waals surface area (Å²) in [7, 11) is 1.54. The molecule has 4 nitrogen and oxygen atoms in total. The van der Waals surface area contributed by atoms with Gasteiger partial charge in [0.05, 0.1) is 6.61 Å². The van der Waals surface area contributed by atoms with Gasteiger partial charge in [0.2, 0.25) is 0 Å². The molecular formula is C17H22O4. The highest BCUT2D eigenvalue weighted by Gasteiger charge is 2.46. The molecule has 0 bridgehead atoms. The standard InChI is InChI=1S/C17H22O4/c1-5-14(19-12-13-10-8-7-9-11-13)16-15(6-2)20-17(3,18-4)21-16/h5-11,14-16H,1-2,12H2,3-4H3/t14-,15+,16-,17?/m1/s1. The lowest BCUT2D eigenvalue weighted by molar-refractivity contribution is -0.319. The van der Waals surface area contributed by atoms with Crippen molar-refractivity contribution in [2.75, 3.05) is 7.11 Å². The van der Waals surface area contributed by atoms with Crippen molar-refractivity contribution < 1.29 is 18.9 Å². The summed E-state index contributed by atoms with van der Waals surface area (Å²) in [5, 5.41) is 0. The maximum absolute atomic E-state index is 5.90. The largest absolute Gasteiger partial charge is 0.367 e. The van der Waals surface area contributed by atoms with Crippen molar-refractivity contribution in [3.63, 3.8) is 0 Å². The van der Waals surface area contributed by atoms with Crippen molar-refractivity contribution in [3.05, 3.63) is 61.2 Å². The van der Waals surface area contributed by atoms with Gasteiger partial charge in [0.25, 0.3) is 5.97 Å². The van der Waals surface area contributed by atoms with Crippen LogP contribution in [0.25, 0.3) is 0 Å². The van der Waals surface area contributed by atoms with Crippen molar-refractivity contribution in [3.8, 4) is 0 Å². The maximum Gasteiger partial charge on any atom is 0.280 e. The molecule has 0 spiro atoms. The zero-order valence-corrected chi connectivity index (χ0v) is 12.5. The van der Waals surface area contributed by atoms with Gasteiger partial charge in [-0.05, 0) is 5.56 Å². The lowest BCUT2D eigenvalue weighted by Crippen LogP contribution is -2.35. The van der Waals surface area contributed by atoms with Crippen LogP contribution in [0.3, 0.4) is 0 Å². The first kappa shape index (κ1) is 15.9. The third-order valence-corrected chi connectivity index (χ3v) is 3.47. The van der Waals surface area contributed by atoms with Crippen LogP contribution in [0.1, 0.15) is 12.5 Å². The molecule has 1 saturated heterocycles. The zero-order chi connectivity index (χ0) is 15.3. The molecule has 1 aliphatic rings. The molecule has 21 heavy (non-hydrogen) atoms. The average molecular weight is 290 g/mol. The first-order valence-corrected chi connectivity index (χ1v) is 6.93. The Kier molecular flexibility index (Phi) is 5.31. The second-order valence-corrected chi connectivity index (χ2v) is 4.96. The van der Waals surface area contributed by atoms with Gasteiger partial charge in [-0.3, -0.25) is 0 Å². The summed E-state index contributed by atoms with van der Waals surface area (Å²) >= 11 is 0. The molecule has 1 aliphatic heterocycles. The van der Waals surface area contributed by atoms with E-state index in [0.29, 0.717) is 6.61 Å². The monoisotopic (exact) mass is 290 g/mol. The van der Waals surface area contributed by atoms with Crippen LogP contribution in [0.5, 0.6) is 0 Å². The van der Waals surface area contributed by atoms with E-state index in [0.717, 1.165) is 5.56 Å². The second-order valence-electron chi connectivity index (χ2n) is 4.96. The molecular weight excluding hydrogens is 268 g/mol. The molecule has 0 radical (unpaired) electrons. The molecule has 0 N–H and O–H groups in total. The first-order chi connectivity index (χ1) is 10.1. The van der Waals surface area contributed by atoms with Crippen LogP contribution in [0, 0.1) is 0 Å². The van der Waals surface area contributed by atoms with Gasteiger partial charge in [0, 0.05) is 14.0 Å². The Bertz CT molecular complexity index is 473. The molecule has 1 fully saturated rings. The SMILES string of the molecule is C=C[C@@H]1OC(C)(OC)O[C@@H]1[C@@H](C=C)OCc1ccccc1. The van der Waals surface area contributed by atoms with E-state index in [9.17, 15) is 0 Å². The van der Waals surface area contributed by atoms with Crippen molar-refractivity contribution in [1.82, 2.24) is 0 Å². The van der Waals surface area contributed by atoms with Crippen LogP contribution >= 0.6 is 0 Å². The van der Waals surface area contributed by atoms with Gasteiger partial charge in [-0.15, -0.1) is 13.2 Å². The summed E-state index contributed by atoms with van der Waals surface area (Å²) in [5.74, 6) is -1.08. The zero-order valence-electron chi connectivity index (χ0n) is 12.5. The number of hydrogen-bond acceptors (Lipinski definition) is 4. The van der Waals surface area contributed by atoms with E-state index in [1.807, 2.05) is 30.3 Å². The maximum atomic E-state index is 5.90. The molecule has 114 valence electrons. The Morgan fingerprint density at radius 2 is 2.00 bits per heavy atom. The van der Waals surface area contributed by atoms with Gasteiger partial charge in [-0.25, -0.2) is 0 Å². The average Bonchev–Trinajstić information content (AvgIpc) is 2.87. The minimum absolute atomic E-state index is 0.311. The second kappa shape index (κ2) is 7.00. The van der Waals surface area contributed by atoms with E-state index in [1.165, 1.54) is 7.11 Å². The van der Waals surface area contributed by atoms with E-state index in [-0.39, 0.29) is 18.3 Å². The molecule has 1 heterocycles. The van der Waals surface area contributed by atoms with Gasteiger partial charge < -0.3 is 18.9 Å². The molecule has 4 heteroatoms. The van der Waals surface area contributed by atoms with Crippen molar-refractivity contribution >= 4 is 0 Å². The number of rotatable bonds is 7. The third-order valence-electron chi connectivity index (χ3n) is 3.47. The van der Waals surface area contributed by atoms with Gasteiger partial charge in [-0.2, -0.15) is 0 Å². The van der Waals surface area contributed by atoms with Gasteiger partial charge >= 0.3 is 0 Å². The first-order valence-electron chi connectivity index (χ1n) is 6.93. The minimum Gasteiger partial charge on any atom is -0.367 e. The molecule has 4 atom stereocenters. The lowest BCUT2D eigenvalue weighted by atomic mass is 10.1. The summed E-state index contributed by atoms with van der Waals surface area (Å²) in [4.78, 5) is 0.